The summed E-state index contributed by atoms with van der Waals surface area (Å²) in [5, 5.41) is 9.74. The molecule has 0 bridgehead atoms. The highest BCUT2D eigenvalue weighted by molar-refractivity contribution is 7.15. The molecule has 0 aromatic carbocycles. The van der Waals surface area contributed by atoms with Gasteiger partial charge in [-0.15, -0.1) is 5.10 Å². The van der Waals surface area contributed by atoms with Crippen molar-refractivity contribution in [1.82, 2.24) is 29.4 Å². The van der Waals surface area contributed by atoms with Crippen molar-refractivity contribution in [2.45, 2.75) is 19.6 Å². The van der Waals surface area contributed by atoms with Crippen molar-refractivity contribution in [3.63, 3.8) is 0 Å². The number of hydrogen-bond acceptors (Lipinski definition) is 8. The SMILES string of the molecule is O=c1ccc(-n2cccn2)nn1CCN1CCN(c2nc3c(s2)COCC3)CC1. The molecule has 152 valence electrons. The minimum atomic E-state index is -0.0878. The minimum Gasteiger partial charge on any atom is -0.375 e. The average Bonchev–Trinajstić information content (AvgIpc) is 3.43. The molecule has 9 nitrogen and oxygen atoms in total. The molecule has 2 aliphatic rings. The molecule has 0 radical (unpaired) electrons. The van der Waals surface area contributed by atoms with Crippen LogP contribution in [0.25, 0.3) is 5.82 Å². The molecule has 3 aromatic rings. The van der Waals surface area contributed by atoms with Crippen molar-refractivity contribution >= 4 is 16.5 Å². The van der Waals surface area contributed by atoms with Crippen LogP contribution in [0.2, 0.25) is 0 Å². The van der Waals surface area contributed by atoms with E-state index in [1.807, 2.05) is 12.3 Å². The van der Waals surface area contributed by atoms with Crippen molar-refractivity contribution in [3.8, 4) is 5.82 Å². The van der Waals surface area contributed by atoms with Crippen molar-refractivity contribution in [1.29, 1.82) is 0 Å². The van der Waals surface area contributed by atoms with E-state index in [2.05, 4.69) is 20.0 Å². The maximum Gasteiger partial charge on any atom is 0.266 e. The lowest BCUT2D eigenvalue weighted by atomic mass is 10.2. The van der Waals surface area contributed by atoms with E-state index in [1.54, 1.807) is 34.3 Å². The number of thiazole rings is 1. The minimum absolute atomic E-state index is 0.0878. The van der Waals surface area contributed by atoms with Crippen molar-refractivity contribution in [3.05, 3.63) is 51.5 Å². The zero-order valence-electron chi connectivity index (χ0n) is 16.1. The van der Waals surface area contributed by atoms with Crippen LogP contribution >= 0.6 is 11.3 Å². The fourth-order valence-electron chi connectivity index (χ4n) is 3.67. The number of fused-ring (bicyclic) bond motifs is 1. The van der Waals surface area contributed by atoms with Crippen LogP contribution in [0.15, 0.2) is 35.4 Å². The predicted molar refractivity (Wildman–Crippen MR) is 110 cm³/mol. The largest absolute Gasteiger partial charge is 0.375 e. The third-order valence-electron chi connectivity index (χ3n) is 5.35. The van der Waals surface area contributed by atoms with E-state index in [-0.39, 0.29) is 5.56 Å². The first-order chi connectivity index (χ1) is 14.3. The second-order valence-corrected chi connectivity index (χ2v) is 8.26. The molecule has 0 saturated carbocycles. The van der Waals surface area contributed by atoms with Gasteiger partial charge < -0.3 is 9.64 Å². The maximum absolute atomic E-state index is 12.2. The first-order valence-corrected chi connectivity index (χ1v) is 10.7. The molecule has 0 N–H and O–H groups in total. The average molecular weight is 414 g/mol. The molecular weight excluding hydrogens is 390 g/mol. The number of rotatable bonds is 5. The van der Waals surface area contributed by atoms with Gasteiger partial charge in [-0.2, -0.15) is 5.10 Å². The molecule has 5 rings (SSSR count). The quantitative estimate of drug-likeness (QED) is 0.611. The van der Waals surface area contributed by atoms with Gasteiger partial charge in [0.15, 0.2) is 10.9 Å². The second-order valence-electron chi connectivity index (χ2n) is 7.20. The molecule has 0 aliphatic carbocycles. The summed E-state index contributed by atoms with van der Waals surface area (Å²) >= 11 is 1.76. The summed E-state index contributed by atoms with van der Waals surface area (Å²) in [6.07, 6.45) is 4.44. The lowest BCUT2D eigenvalue weighted by Crippen LogP contribution is -2.47. The van der Waals surface area contributed by atoms with E-state index in [0.29, 0.717) is 19.0 Å². The van der Waals surface area contributed by atoms with E-state index in [4.69, 9.17) is 9.72 Å². The summed E-state index contributed by atoms with van der Waals surface area (Å²) in [6, 6.07) is 5.08. The van der Waals surface area contributed by atoms with Crippen LogP contribution in [-0.2, 0) is 24.3 Å². The van der Waals surface area contributed by atoms with Gasteiger partial charge >= 0.3 is 0 Å². The van der Waals surface area contributed by atoms with Crippen LogP contribution < -0.4 is 10.5 Å². The molecular formula is C19H23N7O2S. The Hall–Kier alpha value is -2.56. The molecule has 0 spiro atoms. The molecule has 3 aromatic heterocycles. The highest BCUT2D eigenvalue weighted by Crippen LogP contribution is 2.30. The Kier molecular flexibility index (Phi) is 5.13. The Morgan fingerprint density at radius 1 is 1.14 bits per heavy atom. The van der Waals surface area contributed by atoms with Crippen LogP contribution in [0, 0.1) is 0 Å². The standard InChI is InChI=1S/C19H23N7O2S/c27-18-3-2-17(25-6-1-5-20-25)22-26(18)12-9-23-7-10-24(11-8-23)19-21-15-4-13-28-14-16(15)29-19/h1-3,5-6H,4,7-14H2. The molecule has 29 heavy (non-hydrogen) atoms. The third kappa shape index (κ3) is 3.96. The van der Waals surface area contributed by atoms with Gasteiger partial charge in [-0.1, -0.05) is 11.3 Å². The van der Waals surface area contributed by atoms with Crippen LogP contribution in [0.4, 0.5) is 5.13 Å². The van der Waals surface area contributed by atoms with Crippen molar-refractivity contribution < 1.29 is 4.74 Å². The normalized spacial score (nSPS) is 17.4. The zero-order valence-corrected chi connectivity index (χ0v) is 16.9. The smallest absolute Gasteiger partial charge is 0.266 e. The van der Waals surface area contributed by atoms with Crippen LogP contribution in [0.5, 0.6) is 0 Å². The lowest BCUT2D eigenvalue weighted by Gasteiger charge is -2.34. The number of piperazine rings is 1. The van der Waals surface area contributed by atoms with Crippen molar-refractivity contribution in [2.24, 2.45) is 0 Å². The second kappa shape index (κ2) is 8.05. The van der Waals surface area contributed by atoms with Crippen LogP contribution in [0.3, 0.4) is 0 Å². The highest BCUT2D eigenvalue weighted by atomic mass is 32.1. The molecule has 0 unspecified atom stereocenters. The summed E-state index contributed by atoms with van der Waals surface area (Å²) in [6.45, 7) is 6.64. The predicted octanol–water partition coefficient (Wildman–Crippen LogP) is 0.780. The number of hydrogen-bond donors (Lipinski definition) is 0. The molecule has 2 aliphatic heterocycles. The molecule has 1 saturated heterocycles. The van der Waals surface area contributed by atoms with Crippen molar-refractivity contribution in [2.75, 3.05) is 44.2 Å². The molecule has 5 heterocycles. The fourth-order valence-corrected chi connectivity index (χ4v) is 4.77. The molecule has 0 atom stereocenters. The summed E-state index contributed by atoms with van der Waals surface area (Å²) in [7, 11) is 0. The first-order valence-electron chi connectivity index (χ1n) is 9.88. The molecule has 0 amide bonds. The summed E-state index contributed by atoms with van der Waals surface area (Å²) in [5.41, 5.74) is 1.12. The van der Waals surface area contributed by atoms with Crippen LogP contribution in [-0.4, -0.2) is 68.8 Å². The Morgan fingerprint density at radius 2 is 2.03 bits per heavy atom. The van der Waals surface area contributed by atoms with E-state index >= 15 is 0 Å². The van der Waals surface area contributed by atoms with E-state index in [0.717, 1.165) is 50.9 Å². The van der Waals surface area contributed by atoms with E-state index < -0.39 is 0 Å². The number of nitrogens with zero attached hydrogens (tertiary/aromatic N) is 7. The highest BCUT2D eigenvalue weighted by Gasteiger charge is 2.22. The Morgan fingerprint density at radius 3 is 2.83 bits per heavy atom. The van der Waals surface area contributed by atoms with Gasteiger partial charge in [0.25, 0.3) is 5.56 Å². The molecule has 1 fully saturated rings. The lowest BCUT2D eigenvalue weighted by molar-refractivity contribution is 0.112. The number of ether oxygens (including phenoxy) is 1. The Balaban J connectivity index is 1.18. The van der Waals surface area contributed by atoms with Gasteiger partial charge in [-0.25, -0.2) is 14.3 Å². The zero-order chi connectivity index (χ0) is 19.6. The van der Waals surface area contributed by atoms with Gasteiger partial charge in [0, 0.05) is 57.6 Å². The van der Waals surface area contributed by atoms with Gasteiger partial charge in [-0.05, 0) is 12.1 Å². The van der Waals surface area contributed by atoms with Gasteiger partial charge in [0.1, 0.15) is 0 Å². The van der Waals surface area contributed by atoms with Crippen LogP contribution in [0.1, 0.15) is 10.6 Å². The summed E-state index contributed by atoms with van der Waals surface area (Å²) in [4.78, 5) is 23.0. The number of aromatic nitrogens is 5. The van der Waals surface area contributed by atoms with E-state index in [9.17, 15) is 4.79 Å². The fraction of sp³-hybridized carbons (Fsp3) is 0.474. The van der Waals surface area contributed by atoms with E-state index in [1.165, 1.54) is 15.3 Å². The van der Waals surface area contributed by atoms with Gasteiger partial charge in [0.05, 0.1) is 30.3 Å². The maximum atomic E-state index is 12.2. The van der Waals surface area contributed by atoms with Gasteiger partial charge in [0.2, 0.25) is 0 Å². The first kappa shape index (κ1) is 18.5. The topological polar surface area (TPSA) is 81.3 Å². The monoisotopic (exact) mass is 413 g/mol. The summed E-state index contributed by atoms with van der Waals surface area (Å²) < 4.78 is 8.72. The third-order valence-corrected chi connectivity index (χ3v) is 6.48. The number of anilines is 1. The van der Waals surface area contributed by atoms with Gasteiger partial charge in [-0.3, -0.25) is 9.69 Å². The molecule has 10 heteroatoms. The Labute approximate surface area is 172 Å². The summed E-state index contributed by atoms with van der Waals surface area (Å²) in [5.74, 6) is 0.649. The Bertz CT molecular complexity index is 998.